The summed E-state index contributed by atoms with van der Waals surface area (Å²) in [6.45, 7) is 1.48. The van der Waals surface area contributed by atoms with Gasteiger partial charge in [0.2, 0.25) is 5.91 Å². The molecule has 1 fully saturated rings. The molecule has 3 N–H and O–H groups in total. The molecule has 154 valence electrons. The minimum absolute atomic E-state index is 0. The van der Waals surface area contributed by atoms with Crippen LogP contribution in [-0.2, 0) is 4.79 Å². The molecule has 1 aliphatic rings. The first kappa shape index (κ1) is 23.9. The second kappa shape index (κ2) is 11.6. The van der Waals surface area contributed by atoms with Gasteiger partial charge in [-0.05, 0) is 31.4 Å². The highest BCUT2D eigenvalue weighted by Gasteiger charge is 2.27. The van der Waals surface area contributed by atoms with E-state index in [0.29, 0.717) is 37.4 Å². The van der Waals surface area contributed by atoms with Crippen LogP contribution in [0.2, 0.25) is 0 Å². The van der Waals surface area contributed by atoms with Gasteiger partial charge in [-0.1, -0.05) is 0 Å². The number of imidazole rings is 1. The van der Waals surface area contributed by atoms with Crippen LogP contribution in [-0.4, -0.2) is 56.9 Å². The lowest BCUT2D eigenvalue weighted by molar-refractivity contribution is -0.121. The van der Waals surface area contributed by atoms with Crippen molar-refractivity contribution in [2.24, 2.45) is 5.73 Å². The third-order valence-corrected chi connectivity index (χ3v) is 4.56. The standard InChI is InChI=1S/C18H24N6O2.2ClH/c19-7-6-17(25)22-12-15-3-1-2-9-24(15)18(26)14-4-5-16(21-11-14)23-10-8-20-13-23;;/h4-5,8,10-11,13,15H,1-3,6-7,9,12,19H2,(H,22,25);2*1H. The van der Waals surface area contributed by atoms with E-state index >= 15 is 0 Å². The maximum atomic E-state index is 12.9. The van der Waals surface area contributed by atoms with Gasteiger partial charge in [-0.2, -0.15) is 0 Å². The molecule has 0 spiro atoms. The number of hydrogen-bond donors (Lipinski definition) is 2. The summed E-state index contributed by atoms with van der Waals surface area (Å²) >= 11 is 0. The van der Waals surface area contributed by atoms with Crippen LogP contribution >= 0.6 is 24.8 Å². The first-order valence-corrected chi connectivity index (χ1v) is 8.91. The number of nitrogens with one attached hydrogen (secondary N) is 1. The summed E-state index contributed by atoms with van der Waals surface area (Å²) in [5.41, 5.74) is 5.95. The summed E-state index contributed by atoms with van der Waals surface area (Å²) in [4.78, 5) is 34.8. The van der Waals surface area contributed by atoms with Crippen LogP contribution in [0, 0.1) is 0 Å². The number of nitrogens with zero attached hydrogens (tertiary/aromatic N) is 4. The molecular weight excluding hydrogens is 403 g/mol. The monoisotopic (exact) mass is 428 g/mol. The van der Waals surface area contributed by atoms with Crippen LogP contribution < -0.4 is 11.1 Å². The number of nitrogens with two attached hydrogens (primary N) is 1. The Bertz CT molecular complexity index is 739. The van der Waals surface area contributed by atoms with Crippen molar-refractivity contribution in [1.82, 2.24) is 24.8 Å². The molecule has 0 saturated carbocycles. The van der Waals surface area contributed by atoms with Gasteiger partial charge in [0, 0.05) is 50.7 Å². The van der Waals surface area contributed by atoms with E-state index in [2.05, 4.69) is 15.3 Å². The van der Waals surface area contributed by atoms with Crippen molar-refractivity contribution in [3.63, 3.8) is 0 Å². The van der Waals surface area contributed by atoms with Gasteiger partial charge in [0.15, 0.2) is 0 Å². The molecule has 0 aliphatic carbocycles. The minimum Gasteiger partial charge on any atom is -0.354 e. The second-order valence-electron chi connectivity index (χ2n) is 6.37. The lowest BCUT2D eigenvalue weighted by atomic mass is 10.0. The Morgan fingerprint density at radius 2 is 2.07 bits per heavy atom. The van der Waals surface area contributed by atoms with E-state index in [-0.39, 0.29) is 42.7 Å². The summed E-state index contributed by atoms with van der Waals surface area (Å²) in [5.74, 6) is 0.590. The smallest absolute Gasteiger partial charge is 0.255 e. The topological polar surface area (TPSA) is 106 Å². The molecule has 0 bridgehead atoms. The van der Waals surface area contributed by atoms with Crippen LogP contribution in [0.15, 0.2) is 37.1 Å². The number of piperidine rings is 1. The van der Waals surface area contributed by atoms with E-state index < -0.39 is 0 Å². The van der Waals surface area contributed by atoms with E-state index in [1.54, 1.807) is 41.6 Å². The van der Waals surface area contributed by atoms with Crippen molar-refractivity contribution in [1.29, 1.82) is 0 Å². The van der Waals surface area contributed by atoms with Gasteiger partial charge in [0.25, 0.3) is 5.91 Å². The first-order valence-electron chi connectivity index (χ1n) is 8.91. The minimum atomic E-state index is -0.0724. The molecule has 2 aromatic heterocycles. The molecule has 3 rings (SSSR count). The fourth-order valence-corrected chi connectivity index (χ4v) is 3.16. The Hall–Kier alpha value is -2.16. The van der Waals surface area contributed by atoms with Gasteiger partial charge in [-0.15, -0.1) is 24.8 Å². The van der Waals surface area contributed by atoms with Crippen LogP contribution in [0.5, 0.6) is 0 Å². The van der Waals surface area contributed by atoms with Gasteiger partial charge >= 0.3 is 0 Å². The van der Waals surface area contributed by atoms with Crippen LogP contribution in [0.4, 0.5) is 0 Å². The lowest BCUT2D eigenvalue weighted by Gasteiger charge is -2.36. The molecule has 0 radical (unpaired) electrons. The molecule has 1 saturated heterocycles. The molecule has 8 nitrogen and oxygen atoms in total. The van der Waals surface area contributed by atoms with Gasteiger partial charge in [0.05, 0.1) is 5.56 Å². The number of rotatable bonds is 6. The highest BCUT2D eigenvalue weighted by molar-refractivity contribution is 5.94. The fourth-order valence-electron chi connectivity index (χ4n) is 3.16. The molecule has 28 heavy (non-hydrogen) atoms. The number of carbonyl (C=O) groups is 2. The third kappa shape index (κ3) is 5.92. The molecular formula is C18H26Cl2N6O2. The zero-order chi connectivity index (χ0) is 18.4. The summed E-state index contributed by atoms with van der Waals surface area (Å²) in [6, 6.07) is 3.59. The fraction of sp³-hybridized carbons (Fsp3) is 0.444. The zero-order valence-electron chi connectivity index (χ0n) is 15.5. The summed E-state index contributed by atoms with van der Waals surface area (Å²) in [5, 5.41) is 2.88. The van der Waals surface area contributed by atoms with Crippen LogP contribution in [0.1, 0.15) is 36.0 Å². The van der Waals surface area contributed by atoms with E-state index in [9.17, 15) is 9.59 Å². The lowest BCUT2D eigenvalue weighted by Crippen LogP contribution is -2.49. The molecule has 0 aromatic carbocycles. The van der Waals surface area contributed by atoms with E-state index in [4.69, 9.17) is 5.73 Å². The molecule has 2 amide bonds. The predicted molar refractivity (Wildman–Crippen MR) is 111 cm³/mol. The zero-order valence-corrected chi connectivity index (χ0v) is 17.1. The number of carbonyl (C=O) groups excluding carboxylic acids is 2. The largest absolute Gasteiger partial charge is 0.354 e. The Morgan fingerprint density at radius 3 is 2.71 bits per heavy atom. The van der Waals surface area contributed by atoms with Crippen molar-refractivity contribution < 1.29 is 9.59 Å². The van der Waals surface area contributed by atoms with E-state index in [1.165, 1.54) is 0 Å². The Kier molecular flexibility index (Phi) is 9.92. The molecule has 3 heterocycles. The number of amides is 2. The number of aromatic nitrogens is 3. The average molecular weight is 429 g/mol. The number of likely N-dealkylation sites (tertiary alicyclic amines) is 1. The van der Waals surface area contributed by atoms with Crippen LogP contribution in [0.3, 0.4) is 0 Å². The molecule has 2 aromatic rings. The quantitative estimate of drug-likeness (QED) is 0.725. The third-order valence-electron chi connectivity index (χ3n) is 4.56. The van der Waals surface area contributed by atoms with Crippen LogP contribution in [0.25, 0.3) is 5.82 Å². The summed E-state index contributed by atoms with van der Waals surface area (Å²) in [6.07, 6.45) is 9.95. The summed E-state index contributed by atoms with van der Waals surface area (Å²) < 4.78 is 1.78. The van der Waals surface area contributed by atoms with Crippen molar-refractivity contribution >= 4 is 36.6 Å². The SMILES string of the molecule is Cl.Cl.NCCC(=O)NCC1CCCCN1C(=O)c1ccc(-n2ccnc2)nc1. The van der Waals surface area contributed by atoms with E-state index in [1.807, 2.05) is 4.90 Å². The Morgan fingerprint density at radius 1 is 1.25 bits per heavy atom. The van der Waals surface area contributed by atoms with Gasteiger partial charge < -0.3 is 16.0 Å². The van der Waals surface area contributed by atoms with Gasteiger partial charge in [-0.3, -0.25) is 14.2 Å². The number of halogens is 2. The predicted octanol–water partition coefficient (Wildman–Crippen LogP) is 1.57. The Labute approximate surface area is 176 Å². The number of pyridine rings is 1. The normalized spacial score (nSPS) is 15.9. The maximum absolute atomic E-state index is 12.9. The molecule has 1 atom stereocenters. The maximum Gasteiger partial charge on any atom is 0.255 e. The Balaban J connectivity index is 0.00000196. The van der Waals surface area contributed by atoms with E-state index in [0.717, 1.165) is 19.3 Å². The first-order chi connectivity index (χ1) is 12.7. The summed E-state index contributed by atoms with van der Waals surface area (Å²) in [7, 11) is 0. The van der Waals surface area contributed by atoms with Crippen molar-refractivity contribution in [2.75, 3.05) is 19.6 Å². The second-order valence-corrected chi connectivity index (χ2v) is 6.37. The van der Waals surface area contributed by atoms with Gasteiger partial charge in [-0.25, -0.2) is 9.97 Å². The van der Waals surface area contributed by atoms with Gasteiger partial charge in [0.1, 0.15) is 12.1 Å². The number of hydrogen-bond acceptors (Lipinski definition) is 5. The highest BCUT2D eigenvalue weighted by Crippen LogP contribution is 2.19. The average Bonchev–Trinajstić information content (AvgIpc) is 3.21. The van der Waals surface area contributed by atoms with Crippen molar-refractivity contribution in [3.05, 3.63) is 42.6 Å². The molecule has 10 heteroatoms. The molecule has 1 unspecified atom stereocenters. The van der Waals surface area contributed by atoms with Crippen molar-refractivity contribution in [2.45, 2.75) is 31.7 Å². The van der Waals surface area contributed by atoms with Crippen molar-refractivity contribution in [3.8, 4) is 5.82 Å². The highest BCUT2D eigenvalue weighted by atomic mass is 35.5. The molecule has 1 aliphatic heterocycles.